The molecule has 0 saturated carbocycles. The fourth-order valence-electron chi connectivity index (χ4n) is 8.03. The van der Waals surface area contributed by atoms with Crippen molar-refractivity contribution in [3.8, 4) is 0 Å². The highest BCUT2D eigenvalue weighted by Gasteiger charge is 2.38. The van der Waals surface area contributed by atoms with E-state index in [-0.39, 0.29) is 24.6 Å². The van der Waals surface area contributed by atoms with E-state index in [9.17, 15) is 19.2 Å². The summed E-state index contributed by atoms with van der Waals surface area (Å²) in [6.45, 7) is 26.3. The number of carbonyl (C=O) groups excluding carboxylic acids is 4. The maximum atomic E-state index is 16.0. The number of fused-ring (bicyclic) bond motifs is 2. The first kappa shape index (κ1) is 50.6. The van der Waals surface area contributed by atoms with Crippen molar-refractivity contribution >= 4 is 62.0 Å². The second kappa shape index (κ2) is 19.8. The van der Waals surface area contributed by atoms with Crippen LogP contribution in [0.1, 0.15) is 112 Å². The highest BCUT2D eigenvalue weighted by molar-refractivity contribution is 6.76. The molecule has 14 nitrogen and oxygen atoms in total. The van der Waals surface area contributed by atoms with E-state index in [1.165, 1.54) is 24.3 Å². The zero-order valence-corrected chi connectivity index (χ0v) is 42.8. The molecule has 360 valence electrons. The number of imidazole rings is 2. The van der Waals surface area contributed by atoms with Crippen molar-refractivity contribution in [1.29, 1.82) is 0 Å². The van der Waals surface area contributed by atoms with Gasteiger partial charge in [0, 0.05) is 54.6 Å². The molecule has 4 aromatic rings. The first-order valence-corrected chi connectivity index (χ1v) is 30.4. The second-order valence-electron chi connectivity index (χ2n) is 21.9. The molecule has 66 heavy (non-hydrogen) atoms. The van der Waals surface area contributed by atoms with Gasteiger partial charge in [-0.3, -0.25) is 19.4 Å². The number of halogens is 2. The van der Waals surface area contributed by atoms with Crippen molar-refractivity contribution in [3.05, 3.63) is 70.8 Å². The Labute approximate surface area is 389 Å². The van der Waals surface area contributed by atoms with Gasteiger partial charge in [-0.2, -0.15) is 0 Å². The number of likely N-dealkylation sites (tertiary alicyclic amines) is 2. The van der Waals surface area contributed by atoms with Crippen LogP contribution in [-0.4, -0.2) is 106 Å². The third-order valence-corrected chi connectivity index (χ3v) is 14.8. The van der Waals surface area contributed by atoms with Crippen LogP contribution in [-0.2, 0) is 32.4 Å². The van der Waals surface area contributed by atoms with Gasteiger partial charge < -0.3 is 28.1 Å². The molecule has 2 saturated heterocycles. The molecule has 4 heterocycles. The molecule has 6 rings (SSSR count). The highest BCUT2D eigenvalue weighted by Crippen LogP contribution is 2.37. The van der Waals surface area contributed by atoms with Gasteiger partial charge in [0.05, 0.1) is 45.3 Å². The molecule has 2 fully saturated rings. The minimum Gasteiger partial charge on any atom is -0.444 e. The molecule has 2 amide bonds. The summed E-state index contributed by atoms with van der Waals surface area (Å²) in [5.74, 6) is -2.38. The third-order valence-electron chi connectivity index (χ3n) is 11.4. The van der Waals surface area contributed by atoms with Crippen LogP contribution in [0.4, 0.5) is 18.4 Å². The summed E-state index contributed by atoms with van der Waals surface area (Å²) in [6, 6.07) is 5.94. The van der Waals surface area contributed by atoms with Crippen molar-refractivity contribution < 1.29 is 46.9 Å². The summed E-state index contributed by atoms with van der Waals surface area (Å²) in [7, 11) is -2.85. The molecular formula is C48H68F2N6O8Si2. The van der Waals surface area contributed by atoms with Crippen LogP contribution in [0.2, 0.25) is 51.4 Å². The van der Waals surface area contributed by atoms with Crippen LogP contribution < -0.4 is 0 Å². The minimum absolute atomic E-state index is 0.0556. The van der Waals surface area contributed by atoms with E-state index in [4.69, 9.17) is 28.9 Å². The molecule has 2 aliphatic heterocycles. The van der Waals surface area contributed by atoms with Crippen LogP contribution in [0, 0.1) is 11.6 Å². The number of rotatable bonds is 16. The Morgan fingerprint density at radius 2 is 1.00 bits per heavy atom. The maximum absolute atomic E-state index is 16.0. The number of nitrogens with zero attached hydrogens (tertiary/aromatic N) is 6. The molecule has 0 radical (unpaired) electrons. The van der Waals surface area contributed by atoms with Crippen molar-refractivity contribution in [2.75, 3.05) is 26.3 Å². The molecular weight excluding hydrogens is 883 g/mol. The number of amides is 2. The number of ketones is 2. The van der Waals surface area contributed by atoms with Crippen LogP contribution in [0.25, 0.3) is 22.1 Å². The summed E-state index contributed by atoms with van der Waals surface area (Å²) in [5, 5.41) is 0. The molecule has 0 bridgehead atoms. The van der Waals surface area contributed by atoms with Crippen molar-refractivity contribution in [3.63, 3.8) is 0 Å². The fourth-order valence-corrected chi connectivity index (χ4v) is 9.55. The number of allylic oxidation sites excluding steroid dienone is 2. The first-order chi connectivity index (χ1) is 30.7. The van der Waals surface area contributed by atoms with E-state index in [2.05, 4.69) is 39.3 Å². The number of carbonyl (C=O) groups is 4. The Kier molecular flexibility index (Phi) is 15.2. The molecule has 0 spiro atoms. The predicted octanol–water partition coefficient (Wildman–Crippen LogP) is 11.1. The van der Waals surface area contributed by atoms with Gasteiger partial charge in [0.2, 0.25) is 0 Å². The van der Waals surface area contributed by atoms with Crippen LogP contribution >= 0.6 is 0 Å². The lowest BCUT2D eigenvalue weighted by atomic mass is 10.1. The summed E-state index contributed by atoms with van der Waals surface area (Å²) >= 11 is 0. The van der Waals surface area contributed by atoms with E-state index < -0.39 is 74.8 Å². The molecule has 0 aliphatic carbocycles. The van der Waals surface area contributed by atoms with Crippen molar-refractivity contribution in [2.45, 2.75) is 155 Å². The number of hydrogen-bond donors (Lipinski definition) is 0. The van der Waals surface area contributed by atoms with E-state index in [0.29, 0.717) is 85.7 Å². The summed E-state index contributed by atoms with van der Waals surface area (Å²) in [4.78, 5) is 66.9. The monoisotopic (exact) mass is 950 g/mol. The van der Waals surface area contributed by atoms with Gasteiger partial charge in [-0.1, -0.05) is 39.3 Å². The Balaban J connectivity index is 1.29. The van der Waals surface area contributed by atoms with Gasteiger partial charge in [0.15, 0.2) is 11.6 Å². The Morgan fingerprint density at radius 1 is 0.636 bits per heavy atom. The minimum atomic E-state index is -1.42. The lowest BCUT2D eigenvalue weighted by Crippen LogP contribution is -2.37. The van der Waals surface area contributed by atoms with Crippen LogP contribution in [0.15, 0.2) is 36.4 Å². The number of hydrogen-bond acceptors (Lipinski definition) is 10. The van der Waals surface area contributed by atoms with E-state index in [1.807, 2.05) is 0 Å². The Hall–Kier alpha value is -4.79. The largest absolute Gasteiger partial charge is 0.444 e. The lowest BCUT2D eigenvalue weighted by molar-refractivity contribution is 0.0196. The van der Waals surface area contributed by atoms with Gasteiger partial charge in [0.25, 0.3) is 0 Å². The van der Waals surface area contributed by atoms with Gasteiger partial charge in [-0.05, 0) is 104 Å². The summed E-state index contributed by atoms with van der Waals surface area (Å²) in [5.41, 5.74) is -0.733. The van der Waals surface area contributed by atoms with Crippen molar-refractivity contribution in [1.82, 2.24) is 28.9 Å². The molecule has 2 atom stereocenters. The number of benzene rings is 2. The van der Waals surface area contributed by atoms with Gasteiger partial charge >= 0.3 is 12.2 Å². The quantitative estimate of drug-likeness (QED) is 0.0460. The molecule has 0 N–H and O–H groups in total. The Bertz CT molecular complexity index is 2320. The van der Waals surface area contributed by atoms with E-state index in [0.717, 1.165) is 24.2 Å². The number of aromatic nitrogens is 4. The van der Waals surface area contributed by atoms with Gasteiger partial charge in [-0.15, -0.1) is 0 Å². The molecule has 2 aliphatic rings. The molecule has 2 aromatic heterocycles. The molecule has 2 aromatic carbocycles. The highest BCUT2D eigenvalue weighted by atomic mass is 28.3. The standard InChI is InChI=1S/C48H68F2N6O8Si2/c1-47(2,3)63-45(59)53-19-13-15-37(53)43-51-35-25-31(33(49)27-39(35)55(43)29-61-21-23-65(7,8)9)41(57)17-18-42(58)32-26-36-40(28-34(32)50)56(30-62-22-24-66(10,11)12)44(52-36)38-16-14-20-54(38)46(60)64-48(4,5)6/h17-18,25-28,37-38H,13-16,19-24,29-30H2,1-12H3/b18-17+. The summed E-state index contributed by atoms with van der Waals surface area (Å²) < 4.78 is 59.2. The SMILES string of the molecule is CC(C)(C)OC(=O)N1CCCC1c1nc2cc(C(=O)/C=C/C(=O)c3cc4nc(C5CCCN5C(=O)OC(C)(C)C)n(COCC[Si](C)(C)C)c4cc3F)c(F)cc2n1COCC[Si](C)(C)C. The molecule has 2 unspecified atom stereocenters. The Morgan fingerprint density at radius 3 is 1.33 bits per heavy atom. The van der Waals surface area contributed by atoms with E-state index in [1.54, 1.807) is 60.5 Å². The zero-order chi connectivity index (χ0) is 48.5. The average molecular weight is 951 g/mol. The topological polar surface area (TPSA) is 147 Å². The average Bonchev–Trinajstić information content (AvgIpc) is 4.00. The maximum Gasteiger partial charge on any atom is 0.410 e. The van der Waals surface area contributed by atoms with Gasteiger partial charge in [0.1, 0.15) is 47.9 Å². The van der Waals surface area contributed by atoms with E-state index >= 15 is 8.78 Å². The van der Waals surface area contributed by atoms with Crippen molar-refractivity contribution in [2.24, 2.45) is 0 Å². The van der Waals surface area contributed by atoms with Crippen LogP contribution in [0.5, 0.6) is 0 Å². The number of ether oxygens (including phenoxy) is 4. The lowest BCUT2D eigenvalue weighted by Gasteiger charge is -2.28. The second-order valence-corrected chi connectivity index (χ2v) is 33.1. The third kappa shape index (κ3) is 12.6. The smallest absolute Gasteiger partial charge is 0.410 e. The summed E-state index contributed by atoms with van der Waals surface area (Å²) in [6.07, 6.45) is 3.48. The van der Waals surface area contributed by atoms with Gasteiger partial charge in [-0.25, -0.2) is 28.3 Å². The fraction of sp³-hybridized carbons (Fsp3) is 0.583. The predicted molar refractivity (Wildman–Crippen MR) is 255 cm³/mol. The zero-order valence-electron chi connectivity index (χ0n) is 40.8. The first-order valence-electron chi connectivity index (χ1n) is 23.0. The normalized spacial score (nSPS) is 17.5. The molecule has 18 heteroatoms. The van der Waals surface area contributed by atoms with Crippen LogP contribution in [0.3, 0.4) is 0 Å².